The maximum Gasteiger partial charge on any atom is 0.246 e. The van der Waals surface area contributed by atoms with Crippen molar-refractivity contribution in [3.8, 4) is 6.07 Å². The number of ketones is 1. The first kappa shape index (κ1) is 19.6. The Kier molecular flexibility index (Phi) is 4.75. The van der Waals surface area contributed by atoms with Gasteiger partial charge in [0.2, 0.25) is 5.91 Å². The van der Waals surface area contributed by atoms with Gasteiger partial charge < -0.3 is 5.32 Å². The summed E-state index contributed by atoms with van der Waals surface area (Å²) in [6.07, 6.45) is 0. The molecule has 1 N–H and O–H groups in total. The van der Waals surface area contributed by atoms with E-state index in [9.17, 15) is 14.9 Å². The largest absolute Gasteiger partial charge is 0.325 e. The van der Waals surface area contributed by atoms with Gasteiger partial charge >= 0.3 is 0 Å². The molecule has 3 atom stereocenters. The predicted octanol–water partition coefficient (Wildman–Crippen LogP) is 5.13. The molecule has 4 nitrogen and oxygen atoms in total. The molecule has 0 aromatic heterocycles. The van der Waals surface area contributed by atoms with Crippen molar-refractivity contribution >= 4 is 17.4 Å². The smallest absolute Gasteiger partial charge is 0.246 e. The monoisotopic (exact) mass is 394 g/mol. The molecule has 1 aliphatic carbocycles. The van der Waals surface area contributed by atoms with E-state index in [2.05, 4.69) is 11.4 Å². The second-order valence-corrected chi connectivity index (χ2v) is 7.98. The van der Waals surface area contributed by atoms with Gasteiger partial charge in [0.15, 0.2) is 11.2 Å². The standard InChI is InChI=1S/C26H22N2O2/c1-18-10-9-15-21(16-18)28-24(30)26(17-27)22(19-11-5-3-6-12-19)25(26,2)23(29)20-13-7-4-8-14-20/h3-16,22H,1-2H3,(H,28,30)/t22-,25-,26-/m0/s1. The molecule has 0 saturated heterocycles. The third-order valence-corrected chi connectivity index (χ3v) is 6.20. The molecule has 1 fully saturated rings. The Morgan fingerprint density at radius 2 is 1.57 bits per heavy atom. The highest BCUT2D eigenvalue weighted by Crippen LogP contribution is 2.75. The normalized spacial score (nSPS) is 24.5. The maximum atomic E-state index is 13.6. The summed E-state index contributed by atoms with van der Waals surface area (Å²) in [7, 11) is 0. The van der Waals surface area contributed by atoms with Crippen molar-refractivity contribution in [1.82, 2.24) is 0 Å². The summed E-state index contributed by atoms with van der Waals surface area (Å²) in [6, 6.07) is 27.9. The van der Waals surface area contributed by atoms with Crippen LogP contribution in [-0.2, 0) is 4.79 Å². The average molecular weight is 394 g/mol. The number of amides is 1. The molecule has 0 heterocycles. The Morgan fingerprint density at radius 1 is 0.933 bits per heavy atom. The summed E-state index contributed by atoms with van der Waals surface area (Å²) < 4.78 is 0. The highest BCUT2D eigenvalue weighted by molar-refractivity contribution is 6.14. The van der Waals surface area contributed by atoms with Gasteiger partial charge in [-0.05, 0) is 37.1 Å². The highest BCUT2D eigenvalue weighted by atomic mass is 16.2. The minimum absolute atomic E-state index is 0.196. The molecule has 148 valence electrons. The predicted molar refractivity (Wildman–Crippen MR) is 116 cm³/mol. The molecule has 3 aromatic rings. The summed E-state index contributed by atoms with van der Waals surface area (Å²) >= 11 is 0. The lowest BCUT2D eigenvalue weighted by atomic mass is 9.87. The SMILES string of the molecule is Cc1cccc(NC(=O)[C@]2(C#N)[C@@H](c3ccccc3)[C@@]2(C)C(=O)c2ccccc2)c1. The summed E-state index contributed by atoms with van der Waals surface area (Å²) in [5.41, 5.74) is 0.260. The number of nitrogens with one attached hydrogen (secondary N) is 1. The van der Waals surface area contributed by atoms with Crippen LogP contribution in [0.15, 0.2) is 84.9 Å². The highest BCUT2D eigenvalue weighted by Gasteiger charge is 2.82. The van der Waals surface area contributed by atoms with Gasteiger partial charge in [-0.15, -0.1) is 0 Å². The number of Topliss-reactive ketones (excluding diaryl/α,β-unsaturated/α-hetero) is 1. The van der Waals surface area contributed by atoms with Gasteiger partial charge in [-0.2, -0.15) is 5.26 Å². The molecule has 0 unspecified atom stereocenters. The first-order valence-electron chi connectivity index (χ1n) is 9.89. The fourth-order valence-corrected chi connectivity index (χ4v) is 4.60. The third-order valence-electron chi connectivity index (χ3n) is 6.20. The van der Waals surface area contributed by atoms with Crippen molar-refractivity contribution in [3.63, 3.8) is 0 Å². The van der Waals surface area contributed by atoms with E-state index in [-0.39, 0.29) is 5.78 Å². The van der Waals surface area contributed by atoms with E-state index in [1.807, 2.05) is 61.5 Å². The van der Waals surface area contributed by atoms with Gasteiger partial charge in [-0.1, -0.05) is 72.8 Å². The molecule has 4 rings (SSSR count). The summed E-state index contributed by atoms with van der Waals surface area (Å²) in [6.45, 7) is 3.67. The van der Waals surface area contributed by atoms with Crippen molar-refractivity contribution in [3.05, 3.63) is 102 Å². The van der Waals surface area contributed by atoms with E-state index in [1.54, 1.807) is 37.3 Å². The van der Waals surface area contributed by atoms with Crippen LogP contribution in [0.3, 0.4) is 0 Å². The van der Waals surface area contributed by atoms with Crippen LogP contribution in [0.5, 0.6) is 0 Å². The van der Waals surface area contributed by atoms with Crippen LogP contribution in [0.1, 0.15) is 34.3 Å². The molecule has 1 aliphatic rings. The van der Waals surface area contributed by atoms with Gasteiger partial charge in [-0.3, -0.25) is 9.59 Å². The van der Waals surface area contributed by atoms with Gasteiger partial charge in [0.25, 0.3) is 0 Å². The van der Waals surface area contributed by atoms with Crippen molar-refractivity contribution < 1.29 is 9.59 Å². The van der Waals surface area contributed by atoms with Crippen LogP contribution < -0.4 is 5.32 Å². The van der Waals surface area contributed by atoms with Crippen molar-refractivity contribution in [2.24, 2.45) is 10.8 Å². The molecule has 3 aromatic carbocycles. The van der Waals surface area contributed by atoms with Gasteiger partial charge in [0.05, 0.1) is 11.5 Å². The first-order valence-corrected chi connectivity index (χ1v) is 9.89. The Bertz CT molecular complexity index is 1150. The van der Waals surface area contributed by atoms with Crippen LogP contribution in [0.25, 0.3) is 0 Å². The number of anilines is 1. The molecule has 1 saturated carbocycles. The zero-order chi connectivity index (χ0) is 21.4. The van der Waals surface area contributed by atoms with Crippen LogP contribution in [0, 0.1) is 29.1 Å². The summed E-state index contributed by atoms with van der Waals surface area (Å²) in [5, 5.41) is 13.1. The lowest BCUT2D eigenvalue weighted by Gasteiger charge is -2.15. The maximum absolute atomic E-state index is 13.6. The molecule has 30 heavy (non-hydrogen) atoms. The summed E-state index contributed by atoms with van der Waals surface area (Å²) in [4.78, 5) is 27.1. The number of aryl methyl sites for hydroxylation is 1. The van der Waals surface area contributed by atoms with Gasteiger partial charge in [-0.25, -0.2) is 0 Å². The lowest BCUT2D eigenvalue weighted by Crippen LogP contribution is -2.31. The van der Waals surface area contributed by atoms with Gasteiger partial charge in [0, 0.05) is 17.2 Å². The number of hydrogen-bond acceptors (Lipinski definition) is 3. The Hall–Kier alpha value is -3.71. The minimum atomic E-state index is -1.50. The third kappa shape index (κ3) is 2.83. The fraction of sp³-hybridized carbons (Fsp3) is 0.192. The number of hydrogen-bond donors (Lipinski definition) is 1. The van der Waals surface area contributed by atoms with Crippen molar-refractivity contribution in [2.75, 3.05) is 5.32 Å². The topological polar surface area (TPSA) is 70.0 Å². The molecule has 0 bridgehead atoms. The Morgan fingerprint density at radius 3 is 2.17 bits per heavy atom. The van der Waals surface area contributed by atoms with E-state index in [1.165, 1.54) is 0 Å². The molecule has 0 spiro atoms. The molecular formula is C26H22N2O2. The van der Waals surface area contributed by atoms with Crippen LogP contribution in [0.2, 0.25) is 0 Å². The van der Waals surface area contributed by atoms with E-state index < -0.39 is 22.7 Å². The molecule has 0 radical (unpaired) electrons. The molecule has 1 amide bonds. The number of carbonyl (C=O) groups excluding carboxylic acids is 2. The van der Waals surface area contributed by atoms with E-state index >= 15 is 0 Å². The number of rotatable bonds is 5. The van der Waals surface area contributed by atoms with Crippen LogP contribution >= 0.6 is 0 Å². The lowest BCUT2D eigenvalue weighted by molar-refractivity contribution is -0.120. The fourth-order valence-electron chi connectivity index (χ4n) is 4.60. The average Bonchev–Trinajstić information content (AvgIpc) is 3.35. The molecule has 4 heteroatoms. The quantitative estimate of drug-likeness (QED) is 0.610. The number of nitriles is 1. The second-order valence-electron chi connectivity index (χ2n) is 7.98. The number of nitrogens with zero attached hydrogens (tertiary/aromatic N) is 1. The van der Waals surface area contributed by atoms with Crippen molar-refractivity contribution in [1.29, 1.82) is 5.26 Å². The number of benzene rings is 3. The zero-order valence-corrected chi connectivity index (χ0v) is 16.9. The Labute approximate surface area is 176 Å². The second kappa shape index (κ2) is 7.27. The van der Waals surface area contributed by atoms with E-state index in [0.717, 1.165) is 11.1 Å². The van der Waals surface area contributed by atoms with Gasteiger partial charge in [0.1, 0.15) is 0 Å². The number of carbonyl (C=O) groups is 2. The Balaban J connectivity index is 1.79. The summed E-state index contributed by atoms with van der Waals surface area (Å²) in [5.74, 6) is -1.18. The molecule has 0 aliphatic heterocycles. The van der Waals surface area contributed by atoms with Crippen LogP contribution in [0.4, 0.5) is 5.69 Å². The minimum Gasteiger partial charge on any atom is -0.325 e. The van der Waals surface area contributed by atoms with Crippen molar-refractivity contribution in [2.45, 2.75) is 19.8 Å². The van der Waals surface area contributed by atoms with E-state index in [4.69, 9.17) is 0 Å². The van der Waals surface area contributed by atoms with E-state index in [0.29, 0.717) is 11.3 Å². The first-order chi connectivity index (χ1) is 14.4. The molecular weight excluding hydrogens is 372 g/mol. The zero-order valence-electron chi connectivity index (χ0n) is 16.9. The van der Waals surface area contributed by atoms with Crippen LogP contribution in [-0.4, -0.2) is 11.7 Å².